The van der Waals surface area contributed by atoms with Crippen LogP contribution in [0.1, 0.15) is 19.0 Å². The van der Waals surface area contributed by atoms with Crippen molar-refractivity contribution in [2.45, 2.75) is 26.8 Å². The van der Waals surface area contributed by atoms with E-state index in [0.29, 0.717) is 4.77 Å². The Morgan fingerprint density at radius 2 is 1.91 bits per heavy atom. The lowest BCUT2D eigenvalue weighted by Crippen LogP contribution is -2.02. The van der Waals surface area contributed by atoms with Crippen LogP contribution in [0.2, 0.25) is 0 Å². The maximum absolute atomic E-state index is 5.31. The SMILES string of the molecule is CCCn1c(-c2ccc(-c3ccccc3)nc2C)n[nH]c1=S. The van der Waals surface area contributed by atoms with Crippen LogP contribution in [0.5, 0.6) is 0 Å². The first kappa shape index (κ1) is 14.7. The van der Waals surface area contributed by atoms with Crippen LogP contribution < -0.4 is 0 Å². The van der Waals surface area contributed by atoms with Crippen LogP contribution >= 0.6 is 12.2 Å². The molecular weight excluding hydrogens is 292 g/mol. The predicted octanol–water partition coefficient (Wildman–Crippen LogP) is 4.39. The lowest BCUT2D eigenvalue weighted by atomic mass is 10.1. The normalized spacial score (nSPS) is 10.8. The summed E-state index contributed by atoms with van der Waals surface area (Å²) in [6.07, 6.45) is 1.01. The van der Waals surface area contributed by atoms with Gasteiger partial charge in [-0.3, -0.25) is 10.1 Å². The summed E-state index contributed by atoms with van der Waals surface area (Å²) >= 11 is 5.31. The molecule has 1 N–H and O–H groups in total. The van der Waals surface area contributed by atoms with Gasteiger partial charge in [-0.2, -0.15) is 5.10 Å². The van der Waals surface area contributed by atoms with Crippen molar-refractivity contribution in [2.24, 2.45) is 0 Å². The molecule has 0 fully saturated rings. The molecule has 0 aliphatic heterocycles. The molecule has 0 atom stereocenters. The molecule has 3 aromatic rings. The van der Waals surface area contributed by atoms with Gasteiger partial charge in [-0.25, -0.2) is 0 Å². The van der Waals surface area contributed by atoms with Gasteiger partial charge in [0.1, 0.15) is 0 Å². The molecule has 112 valence electrons. The number of aromatic amines is 1. The van der Waals surface area contributed by atoms with E-state index in [9.17, 15) is 0 Å². The standard InChI is InChI=1S/C17H18N4S/c1-3-11-21-16(19-20-17(21)22)14-9-10-15(18-12(14)2)13-7-5-4-6-8-13/h4-10H,3,11H2,1-2H3,(H,20,22). The number of H-pyrrole nitrogens is 1. The molecule has 4 nitrogen and oxygen atoms in total. The summed E-state index contributed by atoms with van der Waals surface area (Å²) < 4.78 is 2.69. The molecule has 1 aromatic carbocycles. The molecule has 0 aliphatic rings. The number of nitrogens with one attached hydrogen (secondary N) is 1. The summed E-state index contributed by atoms with van der Waals surface area (Å²) in [7, 11) is 0. The van der Waals surface area contributed by atoms with Gasteiger partial charge in [0.2, 0.25) is 0 Å². The molecule has 0 bridgehead atoms. The minimum absolute atomic E-state index is 0.656. The first-order chi connectivity index (χ1) is 10.7. The van der Waals surface area contributed by atoms with E-state index in [1.807, 2.05) is 35.8 Å². The lowest BCUT2D eigenvalue weighted by molar-refractivity contribution is 0.674. The molecule has 3 rings (SSSR count). The van der Waals surface area contributed by atoms with Crippen molar-refractivity contribution in [2.75, 3.05) is 0 Å². The molecule has 0 aliphatic carbocycles. The van der Waals surface area contributed by atoms with E-state index in [-0.39, 0.29) is 0 Å². The largest absolute Gasteiger partial charge is 0.300 e. The number of aromatic nitrogens is 4. The predicted molar refractivity (Wildman–Crippen MR) is 91.1 cm³/mol. The minimum Gasteiger partial charge on any atom is -0.300 e. The first-order valence-corrected chi connectivity index (χ1v) is 7.80. The Labute approximate surface area is 134 Å². The summed E-state index contributed by atoms with van der Waals surface area (Å²) in [5, 5.41) is 7.26. The topological polar surface area (TPSA) is 46.5 Å². The Kier molecular flexibility index (Phi) is 4.15. The van der Waals surface area contributed by atoms with Crippen LogP contribution in [0.3, 0.4) is 0 Å². The maximum Gasteiger partial charge on any atom is 0.195 e. The Morgan fingerprint density at radius 3 is 2.59 bits per heavy atom. The number of aryl methyl sites for hydroxylation is 1. The minimum atomic E-state index is 0.656. The fourth-order valence-electron chi connectivity index (χ4n) is 2.52. The average molecular weight is 310 g/mol. The van der Waals surface area contributed by atoms with E-state index < -0.39 is 0 Å². The van der Waals surface area contributed by atoms with Gasteiger partial charge in [0.05, 0.1) is 5.69 Å². The van der Waals surface area contributed by atoms with Gasteiger partial charge in [-0.15, -0.1) is 0 Å². The van der Waals surface area contributed by atoms with Gasteiger partial charge in [-0.1, -0.05) is 37.3 Å². The quantitative estimate of drug-likeness (QED) is 0.727. The molecular formula is C17H18N4S. The second-order valence-corrected chi connectivity index (χ2v) is 5.59. The highest BCUT2D eigenvalue weighted by molar-refractivity contribution is 7.71. The average Bonchev–Trinajstić information content (AvgIpc) is 2.90. The van der Waals surface area contributed by atoms with Crippen LogP contribution in [-0.4, -0.2) is 19.7 Å². The fourth-order valence-corrected chi connectivity index (χ4v) is 2.74. The van der Waals surface area contributed by atoms with E-state index in [1.54, 1.807) is 0 Å². The molecule has 0 unspecified atom stereocenters. The second-order valence-electron chi connectivity index (χ2n) is 5.20. The number of rotatable bonds is 4. The van der Waals surface area contributed by atoms with Gasteiger partial charge in [-0.05, 0) is 37.7 Å². The number of nitrogens with zero attached hydrogens (tertiary/aromatic N) is 3. The van der Waals surface area contributed by atoms with Gasteiger partial charge in [0, 0.05) is 23.4 Å². The molecule has 5 heteroatoms. The monoisotopic (exact) mass is 310 g/mol. The Balaban J connectivity index is 2.05. The smallest absolute Gasteiger partial charge is 0.195 e. The zero-order valence-electron chi connectivity index (χ0n) is 12.7. The lowest BCUT2D eigenvalue weighted by Gasteiger charge is -2.09. The van der Waals surface area contributed by atoms with Crippen LogP contribution in [0, 0.1) is 11.7 Å². The van der Waals surface area contributed by atoms with Crippen molar-refractivity contribution in [3.05, 3.63) is 52.9 Å². The summed E-state index contributed by atoms with van der Waals surface area (Å²) in [4.78, 5) is 4.73. The molecule has 0 saturated carbocycles. The molecule has 0 saturated heterocycles. The van der Waals surface area contributed by atoms with Crippen molar-refractivity contribution in [3.8, 4) is 22.6 Å². The van der Waals surface area contributed by atoms with E-state index >= 15 is 0 Å². The number of benzene rings is 1. The maximum atomic E-state index is 5.31. The molecule has 2 aromatic heterocycles. The number of hydrogen-bond donors (Lipinski definition) is 1. The van der Waals surface area contributed by atoms with E-state index in [1.165, 1.54) is 0 Å². The highest BCUT2D eigenvalue weighted by Crippen LogP contribution is 2.25. The van der Waals surface area contributed by atoms with Crippen molar-refractivity contribution >= 4 is 12.2 Å². The third-order valence-electron chi connectivity index (χ3n) is 3.60. The zero-order chi connectivity index (χ0) is 15.5. The highest BCUT2D eigenvalue weighted by Gasteiger charge is 2.12. The van der Waals surface area contributed by atoms with Crippen LogP contribution in [0.4, 0.5) is 0 Å². The molecule has 0 amide bonds. The Bertz CT molecular complexity index is 833. The number of pyridine rings is 1. The zero-order valence-corrected chi connectivity index (χ0v) is 13.5. The van der Waals surface area contributed by atoms with E-state index in [0.717, 1.165) is 41.3 Å². The summed E-state index contributed by atoms with van der Waals surface area (Å²) in [6, 6.07) is 14.3. The Morgan fingerprint density at radius 1 is 1.14 bits per heavy atom. The van der Waals surface area contributed by atoms with E-state index in [4.69, 9.17) is 17.2 Å². The fraction of sp³-hybridized carbons (Fsp3) is 0.235. The van der Waals surface area contributed by atoms with Crippen LogP contribution in [0.25, 0.3) is 22.6 Å². The number of hydrogen-bond acceptors (Lipinski definition) is 3. The highest BCUT2D eigenvalue weighted by atomic mass is 32.1. The van der Waals surface area contributed by atoms with Crippen molar-refractivity contribution < 1.29 is 0 Å². The van der Waals surface area contributed by atoms with Crippen molar-refractivity contribution in [3.63, 3.8) is 0 Å². The van der Waals surface area contributed by atoms with Crippen LogP contribution in [-0.2, 0) is 6.54 Å². The molecule has 22 heavy (non-hydrogen) atoms. The molecule has 0 spiro atoms. The van der Waals surface area contributed by atoms with Gasteiger partial charge in [0.15, 0.2) is 10.6 Å². The second kappa shape index (κ2) is 6.23. The summed E-state index contributed by atoms with van der Waals surface area (Å²) in [5.74, 6) is 0.858. The summed E-state index contributed by atoms with van der Waals surface area (Å²) in [6.45, 7) is 4.99. The van der Waals surface area contributed by atoms with Crippen molar-refractivity contribution in [1.29, 1.82) is 0 Å². The third kappa shape index (κ3) is 2.72. The summed E-state index contributed by atoms with van der Waals surface area (Å²) in [5.41, 5.74) is 4.05. The van der Waals surface area contributed by atoms with Gasteiger partial charge < -0.3 is 4.57 Å². The van der Waals surface area contributed by atoms with Gasteiger partial charge >= 0.3 is 0 Å². The Hall–Kier alpha value is -2.27. The van der Waals surface area contributed by atoms with Crippen LogP contribution in [0.15, 0.2) is 42.5 Å². The first-order valence-electron chi connectivity index (χ1n) is 7.39. The third-order valence-corrected chi connectivity index (χ3v) is 3.91. The van der Waals surface area contributed by atoms with Gasteiger partial charge in [0.25, 0.3) is 0 Å². The van der Waals surface area contributed by atoms with E-state index in [2.05, 4.69) is 35.3 Å². The molecule has 2 heterocycles. The van der Waals surface area contributed by atoms with Crippen molar-refractivity contribution in [1.82, 2.24) is 19.7 Å². The molecule has 0 radical (unpaired) electrons.